The Bertz CT molecular complexity index is 312. The van der Waals surface area contributed by atoms with Crippen LogP contribution in [0.1, 0.15) is 24.1 Å². The fourth-order valence-electron chi connectivity index (χ4n) is 1.89. The van der Waals surface area contributed by atoms with E-state index in [1.807, 2.05) is 6.20 Å². The molecule has 3 heteroatoms. The number of hydrogen-bond acceptors (Lipinski definition) is 2. The van der Waals surface area contributed by atoms with Crippen molar-refractivity contribution in [1.29, 1.82) is 0 Å². The summed E-state index contributed by atoms with van der Waals surface area (Å²) in [6, 6.07) is 2.28. The Labute approximate surface area is 80.2 Å². The van der Waals surface area contributed by atoms with Crippen LogP contribution in [0, 0.1) is 0 Å². The molecule has 0 fully saturated rings. The van der Waals surface area contributed by atoms with Crippen LogP contribution in [-0.2, 0) is 6.42 Å². The van der Waals surface area contributed by atoms with Crippen molar-refractivity contribution in [3.8, 4) is 0 Å². The lowest BCUT2D eigenvalue weighted by atomic mass is 9.91. The molecule has 2 nitrogen and oxygen atoms in total. The number of pyridine rings is 1. The Morgan fingerprint density at radius 3 is 3.31 bits per heavy atom. The lowest BCUT2D eigenvalue weighted by Gasteiger charge is -2.11. The summed E-state index contributed by atoms with van der Waals surface area (Å²) in [5, 5.41) is 3.42. The Morgan fingerprint density at radius 1 is 1.62 bits per heavy atom. The third kappa shape index (κ3) is 1.75. The van der Waals surface area contributed by atoms with Gasteiger partial charge in [0, 0.05) is 31.4 Å². The number of nitrogens with one attached hydrogen (secondary N) is 1. The number of aromatic nitrogens is 1. The van der Waals surface area contributed by atoms with Crippen molar-refractivity contribution in [3.05, 3.63) is 23.5 Å². The number of nitrogens with zero attached hydrogens (tertiary/aromatic N) is 1. The van der Waals surface area contributed by atoms with E-state index in [1.54, 1.807) is 0 Å². The van der Waals surface area contributed by atoms with E-state index in [-0.39, 0.29) is 0 Å². The SMILES string of the molecule is Bc1cnc2c(c1)C(C)CNCC2. The van der Waals surface area contributed by atoms with Gasteiger partial charge in [-0.15, -0.1) is 0 Å². The molecule has 1 N–H and O–H groups in total. The Morgan fingerprint density at radius 2 is 2.46 bits per heavy atom. The minimum Gasteiger partial charge on any atom is -0.316 e. The Hall–Kier alpha value is -0.825. The molecular formula is C10H15BN2. The van der Waals surface area contributed by atoms with E-state index in [2.05, 4.69) is 31.1 Å². The first-order valence-electron chi connectivity index (χ1n) is 4.93. The monoisotopic (exact) mass is 174 g/mol. The second-order valence-corrected chi connectivity index (χ2v) is 3.90. The van der Waals surface area contributed by atoms with Gasteiger partial charge in [-0.3, -0.25) is 4.98 Å². The quantitative estimate of drug-likeness (QED) is 0.541. The van der Waals surface area contributed by atoms with E-state index in [0.717, 1.165) is 19.5 Å². The van der Waals surface area contributed by atoms with E-state index in [1.165, 1.54) is 16.7 Å². The fourth-order valence-corrected chi connectivity index (χ4v) is 1.89. The molecule has 2 heterocycles. The first-order valence-corrected chi connectivity index (χ1v) is 4.93. The largest absolute Gasteiger partial charge is 0.316 e. The highest BCUT2D eigenvalue weighted by Gasteiger charge is 2.14. The van der Waals surface area contributed by atoms with Crippen molar-refractivity contribution >= 4 is 13.3 Å². The first-order chi connectivity index (χ1) is 6.27. The smallest absolute Gasteiger partial charge is 0.141 e. The van der Waals surface area contributed by atoms with Crippen LogP contribution in [0.3, 0.4) is 0 Å². The summed E-state index contributed by atoms with van der Waals surface area (Å²) in [7, 11) is 2.11. The van der Waals surface area contributed by atoms with Crippen LogP contribution < -0.4 is 10.8 Å². The van der Waals surface area contributed by atoms with Crippen LogP contribution in [0.4, 0.5) is 0 Å². The number of hydrogen-bond donors (Lipinski definition) is 1. The van der Waals surface area contributed by atoms with Gasteiger partial charge >= 0.3 is 0 Å². The van der Waals surface area contributed by atoms with Crippen molar-refractivity contribution in [1.82, 2.24) is 10.3 Å². The predicted molar refractivity (Wildman–Crippen MR) is 57.4 cm³/mol. The molecule has 0 bridgehead atoms. The summed E-state index contributed by atoms with van der Waals surface area (Å²) in [5.74, 6) is 0.602. The minimum atomic E-state index is 0.602. The maximum Gasteiger partial charge on any atom is 0.141 e. The first kappa shape index (κ1) is 8.76. The molecule has 1 aliphatic rings. The van der Waals surface area contributed by atoms with Crippen LogP contribution in [0.2, 0.25) is 0 Å². The summed E-state index contributed by atoms with van der Waals surface area (Å²) in [6.07, 6.45) is 3.04. The van der Waals surface area contributed by atoms with E-state index >= 15 is 0 Å². The molecule has 0 saturated heterocycles. The molecule has 0 aromatic carbocycles. The molecule has 1 aliphatic heterocycles. The molecular weight excluding hydrogens is 159 g/mol. The van der Waals surface area contributed by atoms with E-state index in [9.17, 15) is 0 Å². The van der Waals surface area contributed by atoms with Gasteiger partial charge in [0.15, 0.2) is 0 Å². The summed E-state index contributed by atoms with van der Waals surface area (Å²) in [4.78, 5) is 4.49. The van der Waals surface area contributed by atoms with Gasteiger partial charge in [-0.1, -0.05) is 18.5 Å². The summed E-state index contributed by atoms with van der Waals surface area (Å²) in [6.45, 7) is 4.41. The van der Waals surface area contributed by atoms with Gasteiger partial charge in [-0.25, -0.2) is 0 Å². The maximum absolute atomic E-state index is 4.49. The minimum absolute atomic E-state index is 0.602. The van der Waals surface area contributed by atoms with Gasteiger partial charge in [0.25, 0.3) is 0 Å². The van der Waals surface area contributed by atoms with E-state index in [0.29, 0.717) is 5.92 Å². The highest BCUT2D eigenvalue weighted by Crippen LogP contribution is 2.18. The van der Waals surface area contributed by atoms with Gasteiger partial charge in [0.05, 0.1) is 0 Å². The van der Waals surface area contributed by atoms with Crippen LogP contribution in [-0.4, -0.2) is 25.9 Å². The molecule has 1 aromatic rings. The Balaban J connectivity index is 2.43. The van der Waals surface area contributed by atoms with E-state index < -0.39 is 0 Å². The molecule has 1 aromatic heterocycles. The van der Waals surface area contributed by atoms with Crippen molar-refractivity contribution < 1.29 is 0 Å². The molecule has 0 radical (unpaired) electrons. The van der Waals surface area contributed by atoms with E-state index in [4.69, 9.17) is 0 Å². The van der Waals surface area contributed by atoms with Gasteiger partial charge in [0.2, 0.25) is 0 Å². The molecule has 0 saturated carbocycles. The third-order valence-corrected chi connectivity index (χ3v) is 2.66. The molecule has 1 atom stereocenters. The average molecular weight is 174 g/mol. The normalized spacial score (nSPS) is 22.1. The highest BCUT2D eigenvalue weighted by atomic mass is 14.9. The van der Waals surface area contributed by atoms with Crippen molar-refractivity contribution in [3.63, 3.8) is 0 Å². The molecule has 0 aliphatic carbocycles. The third-order valence-electron chi connectivity index (χ3n) is 2.66. The number of rotatable bonds is 0. The van der Waals surface area contributed by atoms with Crippen molar-refractivity contribution in [2.45, 2.75) is 19.3 Å². The van der Waals surface area contributed by atoms with Crippen molar-refractivity contribution in [2.24, 2.45) is 0 Å². The standard InChI is InChI=1S/C10H15BN2/c1-7-5-12-3-2-10-9(7)4-8(11)6-13-10/h4,6-7,12H,2-3,5,11H2,1H3. The second-order valence-electron chi connectivity index (χ2n) is 3.90. The van der Waals surface area contributed by atoms with Gasteiger partial charge in [-0.2, -0.15) is 0 Å². The van der Waals surface area contributed by atoms with Crippen molar-refractivity contribution in [2.75, 3.05) is 13.1 Å². The summed E-state index contributed by atoms with van der Waals surface area (Å²) >= 11 is 0. The average Bonchev–Trinajstić information content (AvgIpc) is 2.29. The lowest BCUT2D eigenvalue weighted by molar-refractivity contribution is 0.644. The molecule has 13 heavy (non-hydrogen) atoms. The molecule has 2 rings (SSSR count). The van der Waals surface area contributed by atoms with Gasteiger partial charge < -0.3 is 5.32 Å². The second kappa shape index (κ2) is 3.50. The molecule has 1 unspecified atom stereocenters. The molecule has 0 spiro atoms. The van der Waals surface area contributed by atoms with Crippen LogP contribution in [0.15, 0.2) is 12.3 Å². The topological polar surface area (TPSA) is 24.9 Å². The van der Waals surface area contributed by atoms with Gasteiger partial charge in [-0.05, 0) is 11.5 Å². The fraction of sp³-hybridized carbons (Fsp3) is 0.500. The molecule has 0 amide bonds. The van der Waals surface area contributed by atoms with Gasteiger partial charge in [0.1, 0.15) is 7.85 Å². The van der Waals surface area contributed by atoms with Crippen LogP contribution in [0.5, 0.6) is 0 Å². The summed E-state index contributed by atoms with van der Waals surface area (Å²) < 4.78 is 0. The Kier molecular flexibility index (Phi) is 2.36. The highest BCUT2D eigenvalue weighted by molar-refractivity contribution is 6.32. The lowest BCUT2D eigenvalue weighted by Crippen LogP contribution is -2.18. The van der Waals surface area contributed by atoms with Crippen LogP contribution >= 0.6 is 0 Å². The molecule has 68 valence electrons. The number of fused-ring (bicyclic) bond motifs is 1. The predicted octanol–water partition coefficient (Wildman–Crippen LogP) is -0.411. The maximum atomic E-state index is 4.49. The zero-order valence-electron chi connectivity index (χ0n) is 8.30. The zero-order chi connectivity index (χ0) is 9.26. The summed E-state index contributed by atoms with van der Waals surface area (Å²) in [5.41, 5.74) is 3.99. The zero-order valence-corrected chi connectivity index (χ0v) is 8.30. The van der Waals surface area contributed by atoms with Crippen LogP contribution in [0.25, 0.3) is 0 Å².